The Balaban J connectivity index is 2.14. The molecule has 0 radical (unpaired) electrons. The van der Waals surface area contributed by atoms with Gasteiger partial charge < -0.3 is 11.1 Å². The highest BCUT2D eigenvalue weighted by Crippen LogP contribution is 2.10. The van der Waals surface area contributed by atoms with Crippen molar-refractivity contribution in [2.45, 2.75) is 0 Å². The molecule has 0 spiro atoms. The molecule has 82 valence electrons. The minimum absolute atomic E-state index is 0.118. The summed E-state index contributed by atoms with van der Waals surface area (Å²) in [6.07, 6.45) is 1.16. The van der Waals surface area contributed by atoms with Crippen molar-refractivity contribution in [2.75, 3.05) is 11.1 Å². The first-order valence-electron chi connectivity index (χ1n) is 4.18. The molecule has 0 aromatic carbocycles. The van der Waals surface area contributed by atoms with Gasteiger partial charge in [-0.2, -0.15) is 4.39 Å². The van der Waals surface area contributed by atoms with Gasteiger partial charge in [-0.05, 0) is 22.4 Å². The number of nitrogen functional groups attached to an aromatic ring is 1. The van der Waals surface area contributed by atoms with Crippen LogP contribution in [0.3, 0.4) is 0 Å². The Morgan fingerprint density at radius 1 is 1.44 bits per heavy atom. The highest BCUT2D eigenvalue weighted by Gasteiger charge is 2.15. The summed E-state index contributed by atoms with van der Waals surface area (Å²) in [5.74, 6) is -1.36. The maximum Gasteiger partial charge on any atom is 0.281 e. The Morgan fingerprint density at radius 3 is 2.81 bits per heavy atom. The average molecular weight is 223 g/mol. The summed E-state index contributed by atoms with van der Waals surface area (Å²) in [5, 5.41) is 8.96. The number of rotatable bonds is 2. The molecule has 3 N–H and O–H groups in total. The molecule has 7 nitrogen and oxygen atoms in total. The number of anilines is 2. The van der Waals surface area contributed by atoms with E-state index in [0.29, 0.717) is 5.69 Å². The van der Waals surface area contributed by atoms with Gasteiger partial charge in [0, 0.05) is 0 Å². The van der Waals surface area contributed by atoms with E-state index >= 15 is 0 Å². The molecule has 0 atom stereocenters. The predicted octanol–water partition coefficient (Wildman–Crippen LogP) is 0.438. The van der Waals surface area contributed by atoms with Gasteiger partial charge in [-0.15, -0.1) is 0 Å². The van der Waals surface area contributed by atoms with E-state index in [4.69, 9.17) is 5.73 Å². The number of hydrogen-bond donors (Lipinski definition) is 2. The van der Waals surface area contributed by atoms with Crippen LogP contribution in [-0.4, -0.2) is 21.2 Å². The largest absolute Gasteiger partial charge is 0.379 e. The molecule has 2 heterocycles. The molecule has 0 saturated carbocycles. The van der Waals surface area contributed by atoms with Gasteiger partial charge in [0.05, 0.1) is 11.9 Å². The fourth-order valence-electron chi connectivity index (χ4n) is 0.993. The number of amides is 1. The highest BCUT2D eigenvalue weighted by molar-refractivity contribution is 6.05. The molecule has 0 saturated heterocycles. The van der Waals surface area contributed by atoms with Crippen molar-refractivity contribution in [3.05, 3.63) is 30.0 Å². The molecule has 0 aliphatic heterocycles. The number of aromatic nitrogens is 3. The second kappa shape index (κ2) is 3.93. The zero-order valence-corrected chi connectivity index (χ0v) is 7.85. The lowest BCUT2D eigenvalue weighted by atomic mass is 10.3. The van der Waals surface area contributed by atoms with Gasteiger partial charge in [-0.1, -0.05) is 0 Å². The van der Waals surface area contributed by atoms with Crippen molar-refractivity contribution >= 4 is 17.4 Å². The lowest BCUT2D eigenvalue weighted by Crippen LogP contribution is -2.14. The van der Waals surface area contributed by atoms with E-state index in [2.05, 4.69) is 25.2 Å². The molecule has 0 bridgehead atoms. The normalized spacial score (nSPS) is 10.1. The minimum atomic E-state index is -0.638. The highest BCUT2D eigenvalue weighted by atomic mass is 19.1. The van der Waals surface area contributed by atoms with E-state index in [-0.39, 0.29) is 11.5 Å². The molecular weight excluding hydrogens is 217 g/mol. The van der Waals surface area contributed by atoms with Crippen LogP contribution in [0.5, 0.6) is 0 Å². The Labute approximate surface area is 88.4 Å². The number of nitrogens with one attached hydrogen (secondary N) is 1. The van der Waals surface area contributed by atoms with E-state index in [0.717, 1.165) is 12.3 Å². The second-order valence-electron chi connectivity index (χ2n) is 2.82. The molecule has 2 rings (SSSR count). The molecule has 16 heavy (non-hydrogen) atoms. The maximum absolute atomic E-state index is 12.5. The van der Waals surface area contributed by atoms with Crippen LogP contribution in [0.25, 0.3) is 0 Å². The van der Waals surface area contributed by atoms with Gasteiger partial charge in [-0.3, -0.25) is 4.79 Å². The summed E-state index contributed by atoms with van der Waals surface area (Å²) in [5.41, 5.74) is 5.49. The molecule has 0 unspecified atom stereocenters. The maximum atomic E-state index is 12.5. The first-order valence-corrected chi connectivity index (χ1v) is 4.18. The van der Waals surface area contributed by atoms with Gasteiger partial charge in [0.25, 0.3) is 5.91 Å². The summed E-state index contributed by atoms with van der Waals surface area (Å²) in [4.78, 5) is 14.9. The summed E-state index contributed by atoms with van der Waals surface area (Å²) >= 11 is 0. The van der Waals surface area contributed by atoms with Crippen molar-refractivity contribution in [3.63, 3.8) is 0 Å². The number of halogens is 1. The second-order valence-corrected chi connectivity index (χ2v) is 2.82. The number of hydrogen-bond acceptors (Lipinski definition) is 6. The summed E-state index contributed by atoms with van der Waals surface area (Å²) in [7, 11) is 0. The number of carbonyl (C=O) groups excluding carboxylic acids is 1. The van der Waals surface area contributed by atoms with Gasteiger partial charge in [-0.25, -0.2) is 9.61 Å². The third-order valence-corrected chi connectivity index (χ3v) is 1.71. The number of pyridine rings is 1. The van der Waals surface area contributed by atoms with E-state index in [1.54, 1.807) is 0 Å². The quantitative estimate of drug-likeness (QED) is 0.715. The summed E-state index contributed by atoms with van der Waals surface area (Å²) in [6, 6.07) is 2.46. The van der Waals surface area contributed by atoms with Gasteiger partial charge in [0.15, 0.2) is 0 Å². The van der Waals surface area contributed by atoms with Gasteiger partial charge in [0.1, 0.15) is 0 Å². The smallest absolute Gasteiger partial charge is 0.281 e. The average Bonchev–Trinajstić information content (AvgIpc) is 2.68. The van der Waals surface area contributed by atoms with Crippen LogP contribution < -0.4 is 11.1 Å². The van der Waals surface area contributed by atoms with Crippen LogP contribution >= 0.6 is 0 Å². The van der Waals surface area contributed by atoms with Crippen molar-refractivity contribution < 1.29 is 13.8 Å². The number of nitrogens with zero attached hydrogens (tertiary/aromatic N) is 3. The fraction of sp³-hybridized carbons (Fsp3) is 0. The molecule has 1 amide bonds. The standard InChI is InChI=1S/C8H6FN5O2/c9-5-2-1-4(3-11-5)12-8(15)6-7(10)14-16-13-6/h1-3H,(H2,10,14)(H,12,15). The minimum Gasteiger partial charge on any atom is -0.379 e. The van der Waals surface area contributed by atoms with Crippen LogP contribution in [0.1, 0.15) is 10.5 Å². The third kappa shape index (κ3) is 1.95. The Morgan fingerprint density at radius 2 is 2.25 bits per heavy atom. The Kier molecular flexibility index (Phi) is 2.46. The topological polar surface area (TPSA) is 107 Å². The molecule has 2 aromatic rings. The lowest BCUT2D eigenvalue weighted by Gasteiger charge is -2.01. The van der Waals surface area contributed by atoms with Crippen LogP contribution in [0, 0.1) is 5.95 Å². The van der Waals surface area contributed by atoms with Crippen LogP contribution in [0.4, 0.5) is 15.9 Å². The number of carbonyl (C=O) groups is 1. The first kappa shape index (κ1) is 10.0. The van der Waals surface area contributed by atoms with Crippen LogP contribution in [-0.2, 0) is 0 Å². The van der Waals surface area contributed by atoms with E-state index in [9.17, 15) is 9.18 Å². The summed E-state index contributed by atoms with van der Waals surface area (Å²) in [6.45, 7) is 0. The Hall–Kier alpha value is -2.51. The lowest BCUT2D eigenvalue weighted by molar-refractivity contribution is 0.101. The molecule has 8 heteroatoms. The zero-order valence-electron chi connectivity index (χ0n) is 7.85. The predicted molar refractivity (Wildman–Crippen MR) is 50.9 cm³/mol. The fourth-order valence-corrected chi connectivity index (χ4v) is 0.993. The third-order valence-electron chi connectivity index (χ3n) is 1.71. The molecule has 0 aliphatic rings. The van der Waals surface area contributed by atoms with Gasteiger partial charge >= 0.3 is 0 Å². The van der Waals surface area contributed by atoms with Gasteiger partial charge in [0.2, 0.25) is 17.5 Å². The van der Waals surface area contributed by atoms with Crippen molar-refractivity contribution in [1.82, 2.24) is 15.3 Å². The van der Waals surface area contributed by atoms with Crippen LogP contribution in [0.2, 0.25) is 0 Å². The van der Waals surface area contributed by atoms with Crippen molar-refractivity contribution in [3.8, 4) is 0 Å². The molecular formula is C8H6FN5O2. The molecule has 0 fully saturated rings. The molecule has 0 aliphatic carbocycles. The van der Waals surface area contributed by atoms with E-state index in [1.807, 2.05) is 0 Å². The van der Waals surface area contributed by atoms with Crippen molar-refractivity contribution in [2.24, 2.45) is 0 Å². The SMILES string of the molecule is Nc1nonc1C(=O)Nc1ccc(F)nc1. The van der Waals surface area contributed by atoms with Crippen LogP contribution in [0.15, 0.2) is 23.0 Å². The number of nitrogens with two attached hydrogens (primary N) is 1. The summed E-state index contributed by atoms with van der Waals surface area (Å²) < 4.78 is 16.7. The Bertz CT molecular complexity index is 509. The van der Waals surface area contributed by atoms with E-state index in [1.165, 1.54) is 6.07 Å². The monoisotopic (exact) mass is 223 g/mol. The first-order chi connectivity index (χ1) is 7.66. The molecule has 2 aromatic heterocycles. The van der Waals surface area contributed by atoms with Crippen molar-refractivity contribution in [1.29, 1.82) is 0 Å². The van der Waals surface area contributed by atoms with E-state index < -0.39 is 11.9 Å². The zero-order chi connectivity index (χ0) is 11.5.